The van der Waals surface area contributed by atoms with Gasteiger partial charge >= 0.3 is 5.97 Å². The third kappa shape index (κ3) is 3.36. The van der Waals surface area contributed by atoms with Gasteiger partial charge in [0.05, 0.1) is 0 Å². The minimum Gasteiger partial charge on any atom is -0.499 e. The Labute approximate surface area is 228 Å². The van der Waals surface area contributed by atoms with Crippen molar-refractivity contribution in [2.24, 2.45) is 11.8 Å². The Kier molecular flexibility index (Phi) is 5.82. The van der Waals surface area contributed by atoms with Crippen molar-refractivity contribution in [2.45, 2.75) is 17.7 Å². The van der Waals surface area contributed by atoms with Crippen LogP contribution in [-0.4, -0.2) is 32.5 Å². The molecule has 4 bridgehead atoms. The second-order valence-electron chi connectivity index (χ2n) is 9.46. The molecule has 0 radical (unpaired) electrons. The zero-order chi connectivity index (χ0) is 25.7. The van der Waals surface area contributed by atoms with Gasteiger partial charge in [-0.25, -0.2) is 0 Å². The molecule has 0 amide bonds. The third-order valence-corrected chi connectivity index (χ3v) is 8.47. The first-order valence-corrected chi connectivity index (χ1v) is 13.6. The van der Waals surface area contributed by atoms with Gasteiger partial charge in [0, 0.05) is 9.99 Å². The number of benzene rings is 3. The van der Waals surface area contributed by atoms with Crippen LogP contribution in [-0.2, 0) is 19.1 Å². The standard InChI is InChI=1S/C30H23IN2O4/c1-18(17-31)23(29(35)37-25(19-11-5-2-6-12-19)20-13-7-3-8-14-20)30-27(34)22-24(33(30)32)26(36-28(22)30)21-15-9-4-10-16-21/h2-16,22-23,25,28H,1,17H2/t22-,23-,28-,30?/m0/s1. The molecule has 3 heterocycles. The van der Waals surface area contributed by atoms with Gasteiger partial charge in [0.15, 0.2) is 29.8 Å². The van der Waals surface area contributed by atoms with Crippen molar-refractivity contribution < 1.29 is 23.8 Å². The number of ketones is 1. The van der Waals surface area contributed by atoms with E-state index in [-0.39, 0.29) is 5.78 Å². The lowest BCUT2D eigenvalue weighted by Gasteiger charge is -2.43. The van der Waals surface area contributed by atoms with Crippen molar-refractivity contribution >= 4 is 40.1 Å². The maximum Gasteiger partial charge on any atom is 0.321 e. The van der Waals surface area contributed by atoms with Crippen LogP contribution in [0.5, 0.6) is 0 Å². The Morgan fingerprint density at radius 3 is 2.05 bits per heavy atom. The molecule has 37 heavy (non-hydrogen) atoms. The molecule has 1 aliphatic carbocycles. The second-order valence-corrected chi connectivity index (χ2v) is 10.2. The average Bonchev–Trinajstić information content (AvgIpc) is 3.51. The van der Waals surface area contributed by atoms with Gasteiger partial charge in [0.2, 0.25) is 11.5 Å². The van der Waals surface area contributed by atoms with Crippen molar-refractivity contribution in [3.63, 3.8) is 0 Å². The highest BCUT2D eigenvalue weighted by Gasteiger charge is 2.87. The molecular weight excluding hydrogens is 579 g/mol. The summed E-state index contributed by atoms with van der Waals surface area (Å²) in [5.41, 5.74) is 13.1. The SMILES string of the molecule is C=C(CI)[C@@H](C(=O)OC(c1ccccc1)c1ccccc1)C12C(=O)[C@@H]3C(=C(c4ccccc4)O[C@@H]31)[N+]2=[N-]. The third-order valence-electron chi connectivity index (χ3n) is 7.49. The molecule has 6 nitrogen and oxygen atoms in total. The molecule has 184 valence electrons. The summed E-state index contributed by atoms with van der Waals surface area (Å²) in [5, 5.41) is 0. The van der Waals surface area contributed by atoms with E-state index in [1.807, 2.05) is 91.0 Å². The van der Waals surface area contributed by atoms with Crippen LogP contribution in [0, 0.1) is 11.8 Å². The Hall–Kier alpha value is -3.59. The summed E-state index contributed by atoms with van der Waals surface area (Å²) in [4.78, 5) is 27.6. The normalized spacial score (nSPS) is 24.1. The first kappa shape index (κ1) is 23.8. The number of Topliss-reactive ketones (excluding diaryl/α,β-unsaturated/α-hetero) is 1. The van der Waals surface area contributed by atoms with Gasteiger partial charge in [-0.1, -0.05) is 120 Å². The molecule has 0 spiro atoms. The predicted molar refractivity (Wildman–Crippen MR) is 145 cm³/mol. The summed E-state index contributed by atoms with van der Waals surface area (Å²) >= 11 is 2.12. The smallest absolute Gasteiger partial charge is 0.321 e. The number of hydrogen-bond donors (Lipinski definition) is 0. The highest BCUT2D eigenvalue weighted by Crippen LogP contribution is 2.64. The van der Waals surface area contributed by atoms with Crippen LogP contribution in [0.15, 0.2) is 109 Å². The largest absolute Gasteiger partial charge is 0.499 e. The summed E-state index contributed by atoms with van der Waals surface area (Å²) < 4.78 is 13.8. The molecule has 2 saturated heterocycles. The lowest BCUT2D eigenvalue weighted by molar-refractivity contribution is -0.565. The number of halogens is 1. The molecule has 1 saturated carbocycles. The van der Waals surface area contributed by atoms with Crippen LogP contribution < -0.4 is 0 Å². The van der Waals surface area contributed by atoms with Crippen LogP contribution in [0.4, 0.5) is 0 Å². The van der Waals surface area contributed by atoms with Crippen molar-refractivity contribution in [3.05, 3.63) is 131 Å². The van der Waals surface area contributed by atoms with Crippen LogP contribution in [0.25, 0.3) is 11.3 Å². The number of hydrogen-bond acceptors (Lipinski definition) is 4. The first-order chi connectivity index (χ1) is 18.0. The van der Waals surface area contributed by atoms with Gasteiger partial charge in [-0.3, -0.25) is 14.3 Å². The summed E-state index contributed by atoms with van der Waals surface area (Å²) in [6.45, 7) is 4.12. The van der Waals surface area contributed by atoms with E-state index in [9.17, 15) is 15.1 Å². The number of carbonyl (C=O) groups excluding carboxylic acids is 2. The fraction of sp³-hybridized carbons (Fsp3) is 0.200. The molecule has 4 atom stereocenters. The number of rotatable bonds is 8. The zero-order valence-corrected chi connectivity index (χ0v) is 21.9. The Balaban J connectivity index is 1.39. The molecule has 0 aromatic heterocycles. The van der Waals surface area contributed by atoms with E-state index in [1.165, 1.54) is 0 Å². The maximum atomic E-state index is 14.0. The summed E-state index contributed by atoms with van der Waals surface area (Å²) in [6.07, 6.45) is -1.38. The lowest BCUT2D eigenvalue weighted by Crippen LogP contribution is -2.70. The van der Waals surface area contributed by atoms with E-state index >= 15 is 0 Å². The van der Waals surface area contributed by atoms with Crippen LogP contribution in [0.2, 0.25) is 0 Å². The summed E-state index contributed by atoms with van der Waals surface area (Å²) in [5.74, 6) is -2.12. The molecule has 3 fully saturated rings. The predicted octanol–water partition coefficient (Wildman–Crippen LogP) is 5.68. The van der Waals surface area contributed by atoms with E-state index in [4.69, 9.17) is 9.47 Å². The zero-order valence-electron chi connectivity index (χ0n) is 19.8. The van der Waals surface area contributed by atoms with Gasteiger partial charge in [-0.2, -0.15) is 0 Å². The molecular formula is C30H23IN2O4. The van der Waals surface area contributed by atoms with E-state index in [0.29, 0.717) is 21.5 Å². The average molecular weight is 602 g/mol. The fourth-order valence-corrected chi connectivity index (χ4v) is 6.27. The number of alkyl halides is 1. The Morgan fingerprint density at radius 1 is 1.00 bits per heavy atom. The van der Waals surface area contributed by atoms with Crippen molar-refractivity contribution in [3.8, 4) is 0 Å². The maximum absolute atomic E-state index is 14.0. The van der Waals surface area contributed by atoms with Gasteiger partial charge in [-0.15, -0.1) is 0 Å². The van der Waals surface area contributed by atoms with E-state index in [1.54, 1.807) is 0 Å². The minimum atomic E-state index is -1.59. The topological polar surface area (TPSA) is 77.9 Å². The molecule has 1 unspecified atom stereocenters. The molecule has 7 rings (SSSR count). The molecule has 3 aliphatic heterocycles. The number of ether oxygens (including phenoxy) is 2. The Morgan fingerprint density at radius 2 is 1.54 bits per heavy atom. The number of nitrogens with zero attached hydrogens (tertiary/aromatic N) is 2. The number of carbonyl (C=O) groups is 2. The van der Waals surface area contributed by atoms with E-state index in [2.05, 4.69) is 29.2 Å². The molecule has 7 heteroatoms. The van der Waals surface area contributed by atoms with Crippen molar-refractivity contribution in [1.29, 1.82) is 0 Å². The highest BCUT2D eigenvalue weighted by atomic mass is 127. The van der Waals surface area contributed by atoms with Crippen LogP contribution in [0.3, 0.4) is 0 Å². The lowest BCUT2D eigenvalue weighted by atomic mass is 9.61. The molecule has 4 aliphatic rings. The second kappa shape index (κ2) is 9.06. The Bertz CT molecular complexity index is 1420. The molecule has 0 N–H and O–H groups in total. The van der Waals surface area contributed by atoms with Crippen LogP contribution in [0.1, 0.15) is 22.8 Å². The van der Waals surface area contributed by atoms with Gasteiger partial charge < -0.3 is 15.0 Å². The van der Waals surface area contributed by atoms with Crippen LogP contribution >= 0.6 is 22.6 Å². The summed E-state index contributed by atoms with van der Waals surface area (Å²) in [7, 11) is 0. The van der Waals surface area contributed by atoms with E-state index in [0.717, 1.165) is 21.4 Å². The van der Waals surface area contributed by atoms with Crippen molar-refractivity contribution in [1.82, 2.24) is 0 Å². The molecule has 3 aromatic carbocycles. The quantitative estimate of drug-likeness (QED) is 0.109. The van der Waals surface area contributed by atoms with Gasteiger partial charge in [-0.05, 0) is 16.7 Å². The monoisotopic (exact) mass is 602 g/mol. The minimum absolute atomic E-state index is 0.246. The van der Waals surface area contributed by atoms with Gasteiger partial charge in [0.1, 0.15) is 0 Å². The summed E-state index contributed by atoms with van der Waals surface area (Å²) in [6, 6.07) is 28.3. The fourth-order valence-electron chi connectivity index (χ4n) is 5.83. The highest BCUT2D eigenvalue weighted by molar-refractivity contribution is 14.1. The van der Waals surface area contributed by atoms with Gasteiger partial charge in [0.25, 0.3) is 5.54 Å². The van der Waals surface area contributed by atoms with E-state index < -0.39 is 35.6 Å². The molecule has 3 aromatic rings. The number of esters is 1. The first-order valence-electron chi connectivity index (χ1n) is 12.0. The van der Waals surface area contributed by atoms with Crippen molar-refractivity contribution in [2.75, 3.05) is 4.43 Å².